The zero-order valence-electron chi connectivity index (χ0n) is 16.1. The summed E-state index contributed by atoms with van der Waals surface area (Å²) in [5.74, 6) is 0.496. The Kier molecular flexibility index (Phi) is 6.27. The van der Waals surface area contributed by atoms with Crippen LogP contribution in [0.3, 0.4) is 0 Å². The molecule has 3 rings (SSSR count). The first kappa shape index (κ1) is 19.1. The predicted molar refractivity (Wildman–Crippen MR) is 105 cm³/mol. The van der Waals surface area contributed by atoms with E-state index in [1.165, 1.54) is 11.9 Å². The molecule has 27 heavy (non-hydrogen) atoms. The van der Waals surface area contributed by atoms with E-state index in [9.17, 15) is 9.59 Å². The van der Waals surface area contributed by atoms with E-state index in [1.54, 1.807) is 0 Å². The third-order valence-corrected chi connectivity index (χ3v) is 5.01. The van der Waals surface area contributed by atoms with Gasteiger partial charge in [0.1, 0.15) is 5.69 Å². The van der Waals surface area contributed by atoms with Crippen LogP contribution in [-0.4, -0.2) is 46.3 Å². The van der Waals surface area contributed by atoms with Crippen molar-refractivity contribution >= 4 is 11.8 Å². The Bertz CT molecular complexity index is 761. The van der Waals surface area contributed by atoms with Gasteiger partial charge in [0, 0.05) is 19.6 Å². The van der Waals surface area contributed by atoms with Gasteiger partial charge in [-0.2, -0.15) is 0 Å². The molecule has 1 aromatic heterocycles. The van der Waals surface area contributed by atoms with Crippen molar-refractivity contribution in [2.24, 2.45) is 11.8 Å². The lowest BCUT2D eigenvalue weighted by molar-refractivity contribution is 0.0680. The van der Waals surface area contributed by atoms with Gasteiger partial charge >= 0.3 is 0 Å². The van der Waals surface area contributed by atoms with Gasteiger partial charge in [-0.15, -0.1) is 0 Å². The highest BCUT2D eigenvalue weighted by Crippen LogP contribution is 2.23. The Balaban J connectivity index is 1.57. The maximum Gasteiger partial charge on any atom is 0.272 e. The van der Waals surface area contributed by atoms with Gasteiger partial charge in [0.2, 0.25) is 0 Å². The SMILES string of the molecule is CC(C)CNC(=O)c1nc[nH]c1C(=O)N1CCC(Cc2ccccc2)CC1. The van der Waals surface area contributed by atoms with E-state index in [-0.39, 0.29) is 23.2 Å². The van der Waals surface area contributed by atoms with Crippen molar-refractivity contribution in [1.82, 2.24) is 20.2 Å². The topological polar surface area (TPSA) is 78.1 Å². The molecule has 6 nitrogen and oxygen atoms in total. The second-order valence-electron chi connectivity index (χ2n) is 7.66. The first-order chi connectivity index (χ1) is 13.0. The van der Waals surface area contributed by atoms with E-state index in [2.05, 4.69) is 39.6 Å². The highest BCUT2D eigenvalue weighted by molar-refractivity contribution is 6.04. The molecular formula is C21H28N4O2. The predicted octanol–water partition coefficient (Wildman–Crippen LogP) is 2.89. The largest absolute Gasteiger partial charge is 0.350 e. The molecule has 0 unspecified atom stereocenters. The third-order valence-electron chi connectivity index (χ3n) is 5.01. The van der Waals surface area contributed by atoms with Crippen molar-refractivity contribution < 1.29 is 9.59 Å². The molecule has 1 aromatic carbocycles. The van der Waals surface area contributed by atoms with Crippen LogP contribution in [-0.2, 0) is 6.42 Å². The number of nitrogens with one attached hydrogen (secondary N) is 2. The highest BCUT2D eigenvalue weighted by atomic mass is 16.2. The molecule has 2 amide bonds. The minimum atomic E-state index is -0.299. The number of aromatic amines is 1. The van der Waals surface area contributed by atoms with Gasteiger partial charge in [-0.1, -0.05) is 44.2 Å². The number of likely N-dealkylation sites (tertiary alicyclic amines) is 1. The zero-order valence-corrected chi connectivity index (χ0v) is 16.1. The number of piperidine rings is 1. The van der Waals surface area contributed by atoms with Crippen LogP contribution < -0.4 is 5.32 Å². The van der Waals surface area contributed by atoms with Crippen molar-refractivity contribution in [1.29, 1.82) is 0 Å². The fourth-order valence-electron chi connectivity index (χ4n) is 3.46. The van der Waals surface area contributed by atoms with Crippen LogP contribution >= 0.6 is 0 Å². The summed E-state index contributed by atoms with van der Waals surface area (Å²) in [5.41, 5.74) is 1.82. The molecule has 2 aromatic rings. The minimum absolute atomic E-state index is 0.139. The Morgan fingerprint density at radius 1 is 1.22 bits per heavy atom. The maximum atomic E-state index is 12.9. The number of amides is 2. The lowest BCUT2D eigenvalue weighted by Crippen LogP contribution is -2.40. The summed E-state index contributed by atoms with van der Waals surface area (Å²) in [5, 5.41) is 2.82. The number of hydrogen-bond donors (Lipinski definition) is 2. The second kappa shape index (κ2) is 8.84. The summed E-state index contributed by atoms with van der Waals surface area (Å²) in [6.07, 6.45) is 4.42. The van der Waals surface area contributed by atoms with E-state index in [0.29, 0.717) is 31.5 Å². The van der Waals surface area contributed by atoms with Crippen molar-refractivity contribution in [3.05, 3.63) is 53.6 Å². The zero-order chi connectivity index (χ0) is 19.2. The van der Waals surface area contributed by atoms with Crippen LogP contribution in [0.25, 0.3) is 0 Å². The molecule has 0 radical (unpaired) electrons. The van der Waals surface area contributed by atoms with Gasteiger partial charge in [-0.25, -0.2) is 4.98 Å². The molecule has 2 heterocycles. The van der Waals surface area contributed by atoms with E-state index in [4.69, 9.17) is 0 Å². The lowest BCUT2D eigenvalue weighted by atomic mass is 9.90. The Hall–Kier alpha value is -2.63. The average molecular weight is 368 g/mol. The van der Waals surface area contributed by atoms with Crippen LogP contribution in [0, 0.1) is 11.8 Å². The van der Waals surface area contributed by atoms with Crippen molar-refractivity contribution in [2.45, 2.75) is 33.1 Å². The summed E-state index contributed by atoms with van der Waals surface area (Å²) in [6, 6.07) is 10.5. The van der Waals surface area contributed by atoms with Crippen molar-refractivity contribution in [3.63, 3.8) is 0 Å². The van der Waals surface area contributed by atoms with E-state index < -0.39 is 0 Å². The summed E-state index contributed by atoms with van der Waals surface area (Å²) in [7, 11) is 0. The van der Waals surface area contributed by atoms with Gasteiger partial charge in [0.25, 0.3) is 11.8 Å². The minimum Gasteiger partial charge on any atom is -0.350 e. The molecule has 1 saturated heterocycles. The molecular weight excluding hydrogens is 340 g/mol. The molecule has 0 saturated carbocycles. The number of carbonyl (C=O) groups excluding carboxylic acids is 2. The van der Waals surface area contributed by atoms with Gasteiger partial charge in [-0.05, 0) is 36.7 Å². The lowest BCUT2D eigenvalue weighted by Gasteiger charge is -2.32. The second-order valence-corrected chi connectivity index (χ2v) is 7.66. The molecule has 0 spiro atoms. The van der Waals surface area contributed by atoms with Crippen LogP contribution in [0.4, 0.5) is 0 Å². The van der Waals surface area contributed by atoms with E-state index >= 15 is 0 Å². The fraction of sp³-hybridized carbons (Fsp3) is 0.476. The van der Waals surface area contributed by atoms with E-state index in [1.807, 2.05) is 24.8 Å². The number of carbonyl (C=O) groups is 2. The molecule has 1 aliphatic heterocycles. The van der Waals surface area contributed by atoms with Crippen molar-refractivity contribution in [3.8, 4) is 0 Å². The first-order valence-corrected chi connectivity index (χ1v) is 9.69. The van der Waals surface area contributed by atoms with Gasteiger partial charge in [0.05, 0.1) is 6.33 Å². The molecule has 2 N–H and O–H groups in total. The number of imidazole rings is 1. The molecule has 144 valence electrons. The normalized spacial score (nSPS) is 15.1. The molecule has 0 aliphatic carbocycles. The fourth-order valence-corrected chi connectivity index (χ4v) is 3.46. The van der Waals surface area contributed by atoms with Gasteiger partial charge < -0.3 is 15.2 Å². The third kappa shape index (κ3) is 4.96. The number of H-pyrrole nitrogens is 1. The highest BCUT2D eigenvalue weighted by Gasteiger charge is 2.28. The van der Waals surface area contributed by atoms with Crippen LogP contribution in [0.2, 0.25) is 0 Å². The Labute approximate surface area is 160 Å². The Morgan fingerprint density at radius 2 is 1.93 bits per heavy atom. The standard InChI is InChI=1S/C21H28N4O2/c1-15(2)13-22-20(26)18-19(24-14-23-18)21(27)25-10-8-17(9-11-25)12-16-6-4-3-5-7-16/h3-7,14-15,17H,8-13H2,1-2H3,(H,22,26)(H,23,24). The summed E-state index contributed by atoms with van der Waals surface area (Å²) in [6.45, 7) is 6.03. The average Bonchev–Trinajstić information content (AvgIpc) is 3.17. The molecule has 0 bridgehead atoms. The van der Waals surface area contributed by atoms with Crippen LogP contribution in [0.15, 0.2) is 36.7 Å². The number of nitrogens with zero attached hydrogens (tertiary/aromatic N) is 2. The summed E-state index contributed by atoms with van der Waals surface area (Å²) >= 11 is 0. The van der Waals surface area contributed by atoms with Gasteiger partial charge in [0.15, 0.2) is 5.69 Å². The smallest absolute Gasteiger partial charge is 0.272 e. The van der Waals surface area contributed by atoms with Crippen LogP contribution in [0.5, 0.6) is 0 Å². The quantitative estimate of drug-likeness (QED) is 0.823. The molecule has 6 heteroatoms. The molecule has 1 aliphatic rings. The first-order valence-electron chi connectivity index (χ1n) is 9.69. The summed E-state index contributed by atoms with van der Waals surface area (Å²) < 4.78 is 0. The number of hydrogen-bond acceptors (Lipinski definition) is 3. The van der Waals surface area contributed by atoms with Crippen LogP contribution in [0.1, 0.15) is 53.2 Å². The molecule has 0 atom stereocenters. The monoisotopic (exact) mass is 368 g/mol. The maximum absolute atomic E-state index is 12.9. The number of benzene rings is 1. The Morgan fingerprint density at radius 3 is 2.59 bits per heavy atom. The number of aromatic nitrogens is 2. The van der Waals surface area contributed by atoms with Gasteiger partial charge in [-0.3, -0.25) is 9.59 Å². The number of rotatable bonds is 6. The van der Waals surface area contributed by atoms with Crippen molar-refractivity contribution in [2.75, 3.05) is 19.6 Å². The summed E-state index contributed by atoms with van der Waals surface area (Å²) in [4.78, 5) is 33.9. The molecule has 1 fully saturated rings. The van der Waals surface area contributed by atoms with E-state index in [0.717, 1.165) is 19.3 Å².